The molecule has 0 rings (SSSR count). The van der Waals surface area contributed by atoms with Crippen molar-refractivity contribution in [1.29, 1.82) is 0 Å². The van der Waals surface area contributed by atoms with Crippen LogP contribution in [0.2, 0.25) is 0 Å². The van der Waals surface area contributed by atoms with Gasteiger partial charge in [0, 0.05) is 0 Å². The second-order valence-electron chi connectivity index (χ2n) is 9.33. The number of thiol groups is 2. The summed E-state index contributed by atoms with van der Waals surface area (Å²) in [5.41, 5.74) is 0. The monoisotopic (exact) mass is 511 g/mol. The summed E-state index contributed by atoms with van der Waals surface area (Å²) in [4.78, 5) is 7.80. The van der Waals surface area contributed by atoms with Gasteiger partial charge in [-0.2, -0.15) is 0 Å². The highest BCUT2D eigenvalue weighted by Gasteiger charge is 1.96. The number of unbranched alkanes of at least 4 members (excludes halogenated alkanes) is 20. The SMILES string of the molecule is CCCCCCCCCCCCCNCCCCCCCCCCCCC.O=P(O)(S)S. The Hall–Kier alpha value is 0.850. The lowest BCUT2D eigenvalue weighted by Gasteiger charge is -2.06. The van der Waals surface area contributed by atoms with Crippen LogP contribution in [0, 0.1) is 0 Å². The molecule has 32 heavy (non-hydrogen) atoms. The first-order valence-electron chi connectivity index (χ1n) is 13.9. The van der Waals surface area contributed by atoms with E-state index in [1.54, 1.807) is 0 Å². The molecule has 0 atom stereocenters. The summed E-state index contributed by atoms with van der Waals surface area (Å²) in [5, 5.41) is 3.65. The van der Waals surface area contributed by atoms with Crippen molar-refractivity contribution in [3.05, 3.63) is 0 Å². The van der Waals surface area contributed by atoms with Gasteiger partial charge in [0.25, 0.3) is 0 Å². The molecule has 0 aliphatic heterocycles. The van der Waals surface area contributed by atoms with Crippen LogP contribution in [0.25, 0.3) is 0 Å². The molecule has 0 aliphatic rings. The van der Waals surface area contributed by atoms with Crippen LogP contribution < -0.4 is 5.32 Å². The molecule has 0 radical (unpaired) electrons. The molecule has 0 bridgehead atoms. The van der Waals surface area contributed by atoms with E-state index in [-0.39, 0.29) is 0 Å². The lowest BCUT2D eigenvalue weighted by atomic mass is 10.1. The van der Waals surface area contributed by atoms with E-state index in [4.69, 9.17) is 4.89 Å². The van der Waals surface area contributed by atoms with Gasteiger partial charge in [-0.25, -0.2) is 0 Å². The molecule has 0 aromatic heterocycles. The van der Waals surface area contributed by atoms with Gasteiger partial charge in [0.05, 0.1) is 0 Å². The van der Waals surface area contributed by atoms with Gasteiger partial charge in [0.1, 0.15) is 0 Å². The Bertz CT molecular complexity index is 349. The summed E-state index contributed by atoms with van der Waals surface area (Å²) in [6.45, 7) is 7.09. The lowest BCUT2D eigenvalue weighted by molar-refractivity contribution is 0.515. The fraction of sp³-hybridized carbons (Fsp3) is 1.00. The molecular formula is C26H58NO2PS2. The van der Waals surface area contributed by atoms with E-state index in [9.17, 15) is 4.57 Å². The second kappa shape index (κ2) is 29.9. The molecule has 0 saturated carbocycles. The first-order valence-corrected chi connectivity index (χ1v) is 17.9. The van der Waals surface area contributed by atoms with Crippen LogP contribution in [-0.4, -0.2) is 18.0 Å². The van der Waals surface area contributed by atoms with Crippen LogP contribution in [0.5, 0.6) is 0 Å². The van der Waals surface area contributed by atoms with Crippen molar-refractivity contribution in [3.8, 4) is 0 Å². The number of hydrogen-bond acceptors (Lipinski definition) is 2. The first-order chi connectivity index (χ1) is 15.4. The van der Waals surface area contributed by atoms with Gasteiger partial charge >= 0.3 is 5.77 Å². The molecule has 0 unspecified atom stereocenters. The molecule has 3 nitrogen and oxygen atoms in total. The van der Waals surface area contributed by atoms with Crippen LogP contribution in [0.1, 0.15) is 155 Å². The maximum Gasteiger partial charge on any atom is 0.304 e. The Labute approximate surface area is 212 Å². The van der Waals surface area contributed by atoms with Crippen molar-refractivity contribution in [2.75, 3.05) is 13.1 Å². The fourth-order valence-corrected chi connectivity index (χ4v) is 3.95. The molecule has 0 aromatic rings. The standard InChI is InChI=1S/C26H55N.H3O2PS2/c1-3-5-7-9-11-13-15-17-19-21-23-25-27-26-24-22-20-18-16-14-12-10-8-6-4-2;1-3(2,4)5/h27H,3-26H2,1-2H3;(H3,1,2,4,5). The zero-order valence-corrected chi connectivity index (χ0v) is 24.4. The summed E-state index contributed by atoms with van der Waals surface area (Å²) in [6.07, 6.45) is 31.8. The third-order valence-electron chi connectivity index (χ3n) is 5.91. The maximum atomic E-state index is 9.50. The zero-order valence-electron chi connectivity index (χ0n) is 21.7. The van der Waals surface area contributed by atoms with E-state index in [2.05, 4.69) is 43.7 Å². The minimum Gasteiger partial charge on any atom is -0.330 e. The number of rotatable bonds is 24. The van der Waals surface area contributed by atoms with Gasteiger partial charge in [-0.15, -0.1) is 0 Å². The first kappa shape index (κ1) is 35.0. The molecule has 2 N–H and O–H groups in total. The molecule has 0 aliphatic carbocycles. The smallest absolute Gasteiger partial charge is 0.304 e. The average molecular weight is 512 g/mol. The van der Waals surface area contributed by atoms with E-state index in [0.29, 0.717) is 0 Å². The van der Waals surface area contributed by atoms with Crippen molar-refractivity contribution >= 4 is 30.3 Å². The molecule has 0 saturated heterocycles. The molecule has 0 aromatic carbocycles. The predicted molar refractivity (Wildman–Crippen MR) is 154 cm³/mol. The summed E-state index contributed by atoms with van der Waals surface area (Å²) >= 11 is 6.20. The van der Waals surface area contributed by atoms with E-state index in [0.717, 1.165) is 0 Å². The Morgan fingerprint density at radius 3 is 0.906 bits per heavy atom. The van der Waals surface area contributed by atoms with Crippen LogP contribution in [-0.2, 0) is 4.57 Å². The summed E-state index contributed by atoms with van der Waals surface area (Å²) < 4.78 is 9.50. The molecule has 6 heteroatoms. The molecule has 0 heterocycles. The largest absolute Gasteiger partial charge is 0.330 e. The fourth-order valence-electron chi connectivity index (χ4n) is 3.95. The topological polar surface area (TPSA) is 49.3 Å². The highest BCUT2D eigenvalue weighted by atomic mass is 33.1. The lowest BCUT2D eigenvalue weighted by Crippen LogP contribution is -2.16. The summed E-state index contributed by atoms with van der Waals surface area (Å²) in [5.74, 6) is -3.25. The van der Waals surface area contributed by atoms with Crippen LogP contribution in [0.3, 0.4) is 0 Å². The Morgan fingerprint density at radius 2 is 0.688 bits per heavy atom. The summed E-state index contributed by atoms with van der Waals surface area (Å²) in [7, 11) is 0. The van der Waals surface area contributed by atoms with Gasteiger partial charge in [0.15, 0.2) is 0 Å². The van der Waals surface area contributed by atoms with Crippen molar-refractivity contribution in [3.63, 3.8) is 0 Å². The normalized spacial score (nSPS) is 11.4. The van der Waals surface area contributed by atoms with E-state index in [1.165, 1.54) is 154 Å². The minimum absolute atomic E-state index is 1.24. The number of nitrogens with one attached hydrogen (secondary N) is 1. The van der Waals surface area contributed by atoms with Crippen molar-refractivity contribution in [1.82, 2.24) is 5.32 Å². The molecule has 0 spiro atoms. The van der Waals surface area contributed by atoms with Gasteiger partial charge in [-0.3, -0.25) is 4.57 Å². The average Bonchev–Trinajstić information content (AvgIpc) is 2.73. The molecule has 196 valence electrons. The third kappa shape index (κ3) is 44.5. The third-order valence-corrected chi connectivity index (χ3v) is 5.91. The van der Waals surface area contributed by atoms with Crippen molar-refractivity contribution < 1.29 is 9.46 Å². The number of hydrogen-bond donors (Lipinski definition) is 4. The van der Waals surface area contributed by atoms with Crippen molar-refractivity contribution in [2.24, 2.45) is 0 Å². The minimum atomic E-state index is -3.25. The Balaban J connectivity index is 0. The Kier molecular flexibility index (Phi) is 32.7. The maximum absolute atomic E-state index is 9.50. The second-order valence-corrected chi connectivity index (χ2v) is 14.6. The van der Waals surface area contributed by atoms with E-state index < -0.39 is 5.77 Å². The van der Waals surface area contributed by atoms with Gasteiger partial charge < -0.3 is 10.2 Å². The predicted octanol–water partition coefficient (Wildman–Crippen LogP) is 10.1. The van der Waals surface area contributed by atoms with Gasteiger partial charge in [-0.05, 0) is 25.9 Å². The van der Waals surface area contributed by atoms with E-state index >= 15 is 0 Å². The highest BCUT2D eigenvalue weighted by molar-refractivity contribution is 8.78. The van der Waals surface area contributed by atoms with Gasteiger partial charge in [-0.1, -0.05) is 167 Å². The van der Waals surface area contributed by atoms with Gasteiger partial charge in [0.2, 0.25) is 0 Å². The highest BCUT2D eigenvalue weighted by Crippen LogP contribution is 2.50. The van der Waals surface area contributed by atoms with Crippen LogP contribution in [0.15, 0.2) is 0 Å². The van der Waals surface area contributed by atoms with Crippen LogP contribution >= 0.6 is 30.3 Å². The van der Waals surface area contributed by atoms with Crippen LogP contribution in [0.4, 0.5) is 0 Å². The van der Waals surface area contributed by atoms with E-state index in [1.807, 2.05) is 0 Å². The molecular weight excluding hydrogens is 453 g/mol. The summed E-state index contributed by atoms with van der Waals surface area (Å²) in [6, 6.07) is 0. The Morgan fingerprint density at radius 1 is 0.500 bits per heavy atom. The van der Waals surface area contributed by atoms with Crippen molar-refractivity contribution in [2.45, 2.75) is 155 Å². The zero-order chi connectivity index (χ0) is 24.2. The molecule has 0 fully saturated rings. The quantitative estimate of drug-likeness (QED) is 0.0592. The molecule has 0 amide bonds.